The SMILES string of the molecule is CCCCN1CC2(CCCN(C(=O)COCCOC)C2)CCC1=O. The smallest absolute Gasteiger partial charge is 0.248 e. The zero-order valence-corrected chi connectivity index (χ0v) is 15.2. The van der Waals surface area contributed by atoms with Gasteiger partial charge in [0, 0.05) is 45.1 Å². The summed E-state index contributed by atoms with van der Waals surface area (Å²) in [5, 5.41) is 0. The molecule has 0 aromatic carbocycles. The molecule has 0 radical (unpaired) electrons. The van der Waals surface area contributed by atoms with Crippen molar-refractivity contribution in [2.45, 2.75) is 45.4 Å². The van der Waals surface area contributed by atoms with Crippen LogP contribution in [0.25, 0.3) is 0 Å². The molecular formula is C18H32N2O4. The van der Waals surface area contributed by atoms with Gasteiger partial charge in [0.05, 0.1) is 13.2 Å². The Morgan fingerprint density at radius 1 is 1.25 bits per heavy atom. The molecule has 2 heterocycles. The molecule has 0 aliphatic carbocycles. The van der Waals surface area contributed by atoms with Crippen molar-refractivity contribution in [2.75, 3.05) is 53.1 Å². The zero-order chi connectivity index (χ0) is 17.4. The van der Waals surface area contributed by atoms with Crippen molar-refractivity contribution in [1.82, 2.24) is 9.80 Å². The second-order valence-electron chi connectivity index (χ2n) is 7.13. The summed E-state index contributed by atoms with van der Waals surface area (Å²) in [5.74, 6) is 0.336. The van der Waals surface area contributed by atoms with E-state index in [-0.39, 0.29) is 23.8 Å². The van der Waals surface area contributed by atoms with E-state index in [0.29, 0.717) is 19.6 Å². The average molecular weight is 340 g/mol. The minimum Gasteiger partial charge on any atom is -0.382 e. The third-order valence-corrected chi connectivity index (χ3v) is 5.20. The number of piperidine rings is 2. The highest BCUT2D eigenvalue weighted by molar-refractivity contribution is 5.78. The number of methoxy groups -OCH3 is 1. The van der Waals surface area contributed by atoms with Gasteiger partial charge in [-0.15, -0.1) is 0 Å². The van der Waals surface area contributed by atoms with Gasteiger partial charge < -0.3 is 19.3 Å². The lowest BCUT2D eigenvalue weighted by Gasteiger charge is -2.48. The van der Waals surface area contributed by atoms with E-state index in [0.717, 1.165) is 58.3 Å². The second kappa shape index (κ2) is 9.37. The molecule has 2 amide bonds. The van der Waals surface area contributed by atoms with Crippen molar-refractivity contribution < 1.29 is 19.1 Å². The minimum absolute atomic E-state index is 0.0576. The Hall–Kier alpha value is -1.14. The molecule has 2 rings (SSSR count). The highest BCUT2D eigenvalue weighted by atomic mass is 16.5. The summed E-state index contributed by atoms with van der Waals surface area (Å²) in [6, 6.07) is 0. The number of hydrogen-bond donors (Lipinski definition) is 0. The molecule has 6 nitrogen and oxygen atoms in total. The first-order valence-electron chi connectivity index (χ1n) is 9.22. The van der Waals surface area contributed by atoms with Gasteiger partial charge in [-0.2, -0.15) is 0 Å². The normalized spacial score (nSPS) is 24.7. The number of rotatable bonds is 8. The van der Waals surface area contributed by atoms with Gasteiger partial charge in [-0.05, 0) is 25.7 Å². The summed E-state index contributed by atoms with van der Waals surface area (Å²) < 4.78 is 10.3. The number of ether oxygens (including phenoxy) is 2. The van der Waals surface area contributed by atoms with E-state index >= 15 is 0 Å². The van der Waals surface area contributed by atoms with Crippen molar-refractivity contribution in [3.05, 3.63) is 0 Å². The molecule has 138 valence electrons. The highest BCUT2D eigenvalue weighted by Crippen LogP contribution is 2.39. The Labute approximate surface area is 145 Å². The van der Waals surface area contributed by atoms with E-state index in [1.807, 2.05) is 9.80 Å². The summed E-state index contributed by atoms with van der Waals surface area (Å²) in [6.07, 6.45) is 5.80. The molecule has 2 fully saturated rings. The maximum absolute atomic E-state index is 12.4. The largest absolute Gasteiger partial charge is 0.382 e. The zero-order valence-electron chi connectivity index (χ0n) is 15.2. The summed E-state index contributed by atoms with van der Waals surface area (Å²) in [7, 11) is 1.62. The van der Waals surface area contributed by atoms with Gasteiger partial charge in [0.25, 0.3) is 0 Å². The fraction of sp³-hybridized carbons (Fsp3) is 0.889. The number of amides is 2. The van der Waals surface area contributed by atoms with E-state index in [1.165, 1.54) is 0 Å². The van der Waals surface area contributed by atoms with Crippen LogP contribution < -0.4 is 0 Å². The topological polar surface area (TPSA) is 59.1 Å². The van der Waals surface area contributed by atoms with Crippen molar-refractivity contribution in [3.63, 3.8) is 0 Å². The van der Waals surface area contributed by atoms with Crippen molar-refractivity contribution in [1.29, 1.82) is 0 Å². The standard InChI is InChI=1S/C18H32N2O4/c1-3-4-9-19-14-18(8-6-16(19)21)7-5-10-20(15-18)17(22)13-24-12-11-23-2/h3-15H2,1-2H3. The lowest BCUT2D eigenvalue weighted by Crippen LogP contribution is -2.55. The molecule has 1 unspecified atom stereocenters. The molecule has 0 aromatic rings. The minimum atomic E-state index is 0.0576. The molecule has 1 spiro atoms. The summed E-state index contributed by atoms with van der Waals surface area (Å²) >= 11 is 0. The Morgan fingerprint density at radius 3 is 2.83 bits per heavy atom. The molecule has 6 heteroatoms. The van der Waals surface area contributed by atoms with Gasteiger partial charge in [-0.25, -0.2) is 0 Å². The van der Waals surface area contributed by atoms with E-state index in [1.54, 1.807) is 7.11 Å². The molecular weight excluding hydrogens is 308 g/mol. The van der Waals surface area contributed by atoms with Crippen LogP contribution in [0, 0.1) is 5.41 Å². The highest BCUT2D eigenvalue weighted by Gasteiger charge is 2.42. The van der Waals surface area contributed by atoms with Crippen molar-refractivity contribution in [3.8, 4) is 0 Å². The predicted octanol–water partition coefficient (Wildman–Crippen LogP) is 1.68. The molecule has 2 saturated heterocycles. The lowest BCUT2D eigenvalue weighted by atomic mass is 9.73. The monoisotopic (exact) mass is 340 g/mol. The van der Waals surface area contributed by atoms with Crippen LogP contribution in [0.2, 0.25) is 0 Å². The van der Waals surface area contributed by atoms with Crippen LogP contribution in [0.5, 0.6) is 0 Å². The van der Waals surface area contributed by atoms with Gasteiger partial charge in [0.1, 0.15) is 6.61 Å². The van der Waals surface area contributed by atoms with E-state index in [9.17, 15) is 9.59 Å². The number of nitrogens with zero attached hydrogens (tertiary/aromatic N) is 2. The van der Waals surface area contributed by atoms with Crippen LogP contribution in [0.15, 0.2) is 0 Å². The quantitative estimate of drug-likeness (QED) is 0.631. The van der Waals surface area contributed by atoms with Gasteiger partial charge in [0.15, 0.2) is 0 Å². The molecule has 1 atom stereocenters. The molecule has 2 aliphatic rings. The first-order chi connectivity index (χ1) is 11.6. The van der Waals surface area contributed by atoms with Crippen molar-refractivity contribution >= 4 is 11.8 Å². The summed E-state index contributed by atoms with van der Waals surface area (Å²) in [4.78, 5) is 28.5. The van der Waals surface area contributed by atoms with E-state index in [2.05, 4.69) is 6.92 Å². The number of likely N-dealkylation sites (tertiary alicyclic amines) is 2. The maximum Gasteiger partial charge on any atom is 0.248 e. The third kappa shape index (κ3) is 5.18. The fourth-order valence-electron chi connectivity index (χ4n) is 3.80. The third-order valence-electron chi connectivity index (χ3n) is 5.20. The van der Waals surface area contributed by atoms with Gasteiger partial charge in [-0.1, -0.05) is 13.3 Å². The van der Waals surface area contributed by atoms with Crippen LogP contribution in [-0.2, 0) is 19.1 Å². The number of carbonyl (C=O) groups excluding carboxylic acids is 2. The number of hydrogen-bond acceptors (Lipinski definition) is 4. The molecule has 0 saturated carbocycles. The fourth-order valence-corrected chi connectivity index (χ4v) is 3.80. The average Bonchev–Trinajstić information content (AvgIpc) is 2.60. The van der Waals surface area contributed by atoms with Gasteiger partial charge in [0.2, 0.25) is 11.8 Å². The van der Waals surface area contributed by atoms with Crippen LogP contribution >= 0.6 is 0 Å². The van der Waals surface area contributed by atoms with Crippen LogP contribution in [0.4, 0.5) is 0 Å². The Bertz CT molecular complexity index is 429. The van der Waals surface area contributed by atoms with E-state index < -0.39 is 0 Å². The first-order valence-corrected chi connectivity index (χ1v) is 9.22. The molecule has 0 bridgehead atoms. The molecule has 24 heavy (non-hydrogen) atoms. The van der Waals surface area contributed by atoms with Crippen LogP contribution in [-0.4, -0.2) is 74.7 Å². The number of unbranched alkanes of at least 4 members (excludes halogenated alkanes) is 1. The van der Waals surface area contributed by atoms with Crippen molar-refractivity contribution in [2.24, 2.45) is 5.41 Å². The Balaban J connectivity index is 1.88. The lowest BCUT2D eigenvalue weighted by molar-refractivity contribution is -0.145. The second-order valence-corrected chi connectivity index (χ2v) is 7.13. The predicted molar refractivity (Wildman–Crippen MR) is 91.7 cm³/mol. The van der Waals surface area contributed by atoms with Crippen LogP contribution in [0.1, 0.15) is 45.4 Å². The number of carbonyl (C=O) groups is 2. The van der Waals surface area contributed by atoms with E-state index in [4.69, 9.17) is 9.47 Å². The first kappa shape index (κ1) is 19.2. The van der Waals surface area contributed by atoms with Gasteiger partial charge in [-0.3, -0.25) is 9.59 Å². The summed E-state index contributed by atoms with van der Waals surface area (Å²) in [6.45, 7) is 6.44. The van der Waals surface area contributed by atoms with Crippen LogP contribution in [0.3, 0.4) is 0 Å². The Kier molecular flexibility index (Phi) is 7.49. The van der Waals surface area contributed by atoms with Gasteiger partial charge >= 0.3 is 0 Å². The Morgan fingerprint density at radius 2 is 2.08 bits per heavy atom. The maximum atomic E-state index is 12.4. The molecule has 0 aromatic heterocycles. The summed E-state index contributed by atoms with van der Waals surface area (Å²) in [5.41, 5.74) is 0.0854. The molecule has 0 N–H and O–H groups in total. The molecule has 2 aliphatic heterocycles.